The monoisotopic (exact) mass is 389 g/mol. The molecule has 0 aliphatic carbocycles. The molecule has 0 atom stereocenters. The predicted octanol–water partition coefficient (Wildman–Crippen LogP) is 3.79. The lowest BCUT2D eigenvalue weighted by Crippen LogP contribution is -2.29. The molecule has 0 aliphatic heterocycles. The van der Waals surface area contributed by atoms with Gasteiger partial charge in [-0.25, -0.2) is 9.37 Å². The Labute approximate surface area is 164 Å². The van der Waals surface area contributed by atoms with Crippen LogP contribution >= 0.6 is 0 Å². The van der Waals surface area contributed by atoms with Gasteiger partial charge in [0.05, 0.1) is 11.1 Å². The first-order chi connectivity index (χ1) is 14.0. The van der Waals surface area contributed by atoms with E-state index in [-0.39, 0.29) is 16.7 Å². The van der Waals surface area contributed by atoms with Gasteiger partial charge in [0.15, 0.2) is 5.65 Å². The van der Waals surface area contributed by atoms with Crippen molar-refractivity contribution < 1.29 is 14.3 Å². The zero-order valence-electron chi connectivity index (χ0n) is 15.4. The Bertz CT molecular complexity index is 1300. The van der Waals surface area contributed by atoms with Crippen LogP contribution in [0.3, 0.4) is 0 Å². The van der Waals surface area contributed by atoms with Crippen LogP contribution in [-0.4, -0.2) is 20.6 Å². The minimum atomic E-state index is -0.802. The van der Waals surface area contributed by atoms with E-state index in [1.165, 1.54) is 30.5 Å². The summed E-state index contributed by atoms with van der Waals surface area (Å²) in [4.78, 5) is 30.2. The third kappa shape index (κ3) is 3.34. The second kappa shape index (κ2) is 7.20. The number of nitrogens with zero attached hydrogens (tertiary/aromatic N) is 2. The van der Waals surface area contributed by atoms with Crippen molar-refractivity contribution in [1.29, 1.82) is 0 Å². The van der Waals surface area contributed by atoms with Crippen molar-refractivity contribution >= 4 is 22.6 Å². The molecule has 0 aliphatic rings. The lowest BCUT2D eigenvalue weighted by atomic mass is 10.1. The Hall–Kier alpha value is -4.00. The van der Waals surface area contributed by atoms with E-state index in [0.29, 0.717) is 5.69 Å². The van der Waals surface area contributed by atoms with E-state index < -0.39 is 28.6 Å². The Balaban J connectivity index is 1.94. The molecule has 0 saturated heterocycles. The van der Waals surface area contributed by atoms with Crippen molar-refractivity contribution in [2.45, 2.75) is 6.92 Å². The summed E-state index contributed by atoms with van der Waals surface area (Å²) in [6.45, 7) is 1.91. The van der Waals surface area contributed by atoms with Crippen LogP contribution in [0.4, 0.5) is 10.1 Å². The molecule has 2 heterocycles. The first-order valence-electron chi connectivity index (χ1n) is 8.82. The van der Waals surface area contributed by atoms with Crippen molar-refractivity contribution in [2.24, 2.45) is 0 Å². The zero-order valence-corrected chi connectivity index (χ0v) is 15.4. The van der Waals surface area contributed by atoms with Crippen molar-refractivity contribution in [2.75, 3.05) is 5.32 Å². The highest BCUT2D eigenvalue weighted by Gasteiger charge is 2.23. The summed E-state index contributed by atoms with van der Waals surface area (Å²) in [6.07, 6.45) is 1.45. The molecule has 0 bridgehead atoms. The third-order valence-corrected chi connectivity index (χ3v) is 4.51. The topological polar surface area (TPSA) is 84.2 Å². The van der Waals surface area contributed by atoms with Crippen molar-refractivity contribution in [3.63, 3.8) is 0 Å². The number of carbonyl (C=O) groups is 1. The number of amides is 1. The Morgan fingerprint density at radius 1 is 1.10 bits per heavy atom. The lowest BCUT2D eigenvalue weighted by molar-refractivity contribution is 0.102. The molecule has 6 nitrogen and oxygen atoms in total. The number of nitrogens with one attached hydrogen (secondary N) is 1. The fourth-order valence-electron chi connectivity index (χ4n) is 3.09. The molecule has 0 fully saturated rings. The number of hydrogen-bond donors (Lipinski definition) is 2. The summed E-state index contributed by atoms with van der Waals surface area (Å²) in [5.41, 5.74) is 0.550. The van der Waals surface area contributed by atoms with Gasteiger partial charge >= 0.3 is 0 Å². The van der Waals surface area contributed by atoms with Crippen LogP contribution in [0.25, 0.3) is 16.7 Å². The van der Waals surface area contributed by atoms with Gasteiger partial charge in [-0.2, -0.15) is 0 Å². The summed E-state index contributed by atoms with van der Waals surface area (Å²) in [5, 5.41) is 13.5. The van der Waals surface area contributed by atoms with Gasteiger partial charge in [-0.05, 0) is 49.4 Å². The molecule has 0 unspecified atom stereocenters. The Kier molecular flexibility index (Phi) is 4.56. The highest BCUT2D eigenvalue weighted by molar-refractivity contribution is 6.09. The predicted molar refractivity (Wildman–Crippen MR) is 108 cm³/mol. The molecule has 144 valence electrons. The zero-order chi connectivity index (χ0) is 20.5. The summed E-state index contributed by atoms with van der Waals surface area (Å²) in [6, 6.07) is 15.5. The molecule has 4 rings (SSSR count). The quantitative estimate of drug-likeness (QED) is 0.558. The number of carbonyl (C=O) groups excluding carboxylic acids is 1. The van der Waals surface area contributed by atoms with E-state index in [1.807, 2.05) is 19.1 Å². The second-order valence-corrected chi connectivity index (χ2v) is 6.54. The van der Waals surface area contributed by atoms with Gasteiger partial charge in [-0.15, -0.1) is 0 Å². The van der Waals surface area contributed by atoms with Gasteiger partial charge in [0.2, 0.25) is 0 Å². The second-order valence-electron chi connectivity index (χ2n) is 6.54. The molecule has 2 N–H and O–H groups in total. The van der Waals surface area contributed by atoms with E-state index in [2.05, 4.69) is 10.3 Å². The van der Waals surface area contributed by atoms with Crippen LogP contribution in [0.5, 0.6) is 5.75 Å². The van der Waals surface area contributed by atoms with Crippen LogP contribution in [0.15, 0.2) is 71.7 Å². The Morgan fingerprint density at radius 3 is 2.59 bits per heavy atom. The van der Waals surface area contributed by atoms with Crippen molar-refractivity contribution in [3.05, 3.63) is 94.2 Å². The SMILES string of the molecule is Cc1ccc(NC(=O)c2c(O)c3cccnc3n(-c3cccc(F)c3)c2=O)cc1. The molecule has 7 heteroatoms. The number of hydrogen-bond acceptors (Lipinski definition) is 4. The third-order valence-electron chi connectivity index (χ3n) is 4.51. The maximum atomic E-state index is 13.8. The molecule has 1 amide bonds. The number of aromatic hydroxyl groups is 1. The molecule has 4 aromatic rings. The summed E-state index contributed by atoms with van der Waals surface area (Å²) < 4.78 is 14.9. The van der Waals surface area contributed by atoms with Crippen LogP contribution in [0.2, 0.25) is 0 Å². The number of aromatic nitrogens is 2. The van der Waals surface area contributed by atoms with E-state index >= 15 is 0 Å². The van der Waals surface area contributed by atoms with Crippen LogP contribution < -0.4 is 10.9 Å². The number of fused-ring (bicyclic) bond motifs is 1. The number of halogens is 1. The van der Waals surface area contributed by atoms with Crippen LogP contribution in [0, 0.1) is 12.7 Å². The molecule has 29 heavy (non-hydrogen) atoms. The standard InChI is InChI=1S/C22H16FN3O3/c1-13-7-9-15(10-8-13)25-21(28)18-19(27)17-6-3-11-24-20(17)26(22(18)29)16-5-2-4-14(23)12-16/h2-12,27H,1H3,(H,25,28). The maximum absolute atomic E-state index is 13.8. The number of anilines is 1. The minimum Gasteiger partial charge on any atom is -0.506 e. The molecule has 2 aromatic carbocycles. The normalized spacial score (nSPS) is 10.8. The highest BCUT2D eigenvalue weighted by Crippen LogP contribution is 2.27. The number of benzene rings is 2. The molecule has 0 saturated carbocycles. The lowest BCUT2D eigenvalue weighted by Gasteiger charge is -2.14. The average molecular weight is 389 g/mol. The Morgan fingerprint density at radius 2 is 1.86 bits per heavy atom. The van der Waals surface area contributed by atoms with Crippen molar-refractivity contribution in [1.82, 2.24) is 9.55 Å². The van der Waals surface area contributed by atoms with Crippen LogP contribution in [-0.2, 0) is 0 Å². The number of pyridine rings is 2. The van der Waals surface area contributed by atoms with E-state index in [9.17, 15) is 19.1 Å². The maximum Gasteiger partial charge on any atom is 0.273 e. The average Bonchev–Trinajstić information content (AvgIpc) is 2.70. The van der Waals surface area contributed by atoms with Gasteiger partial charge < -0.3 is 10.4 Å². The summed E-state index contributed by atoms with van der Waals surface area (Å²) >= 11 is 0. The number of rotatable bonds is 3. The molecule has 0 radical (unpaired) electrons. The van der Waals surface area contributed by atoms with Gasteiger partial charge in [0, 0.05) is 11.9 Å². The van der Waals surface area contributed by atoms with Crippen LogP contribution in [0.1, 0.15) is 15.9 Å². The van der Waals surface area contributed by atoms with Gasteiger partial charge in [0.25, 0.3) is 11.5 Å². The molecular weight excluding hydrogens is 373 g/mol. The molecule has 0 spiro atoms. The molecule has 2 aromatic heterocycles. The molecular formula is C22H16FN3O3. The van der Waals surface area contributed by atoms with Gasteiger partial charge in [-0.1, -0.05) is 23.8 Å². The minimum absolute atomic E-state index is 0.118. The van der Waals surface area contributed by atoms with Gasteiger partial charge in [-0.3, -0.25) is 14.2 Å². The van der Waals surface area contributed by atoms with E-state index in [0.717, 1.165) is 16.2 Å². The first-order valence-corrected chi connectivity index (χ1v) is 8.82. The first kappa shape index (κ1) is 18.4. The largest absolute Gasteiger partial charge is 0.506 e. The fraction of sp³-hybridized carbons (Fsp3) is 0.0455. The summed E-state index contributed by atoms with van der Waals surface area (Å²) in [7, 11) is 0. The van der Waals surface area contributed by atoms with E-state index in [4.69, 9.17) is 0 Å². The fourth-order valence-corrected chi connectivity index (χ4v) is 3.09. The van der Waals surface area contributed by atoms with Crippen molar-refractivity contribution in [3.8, 4) is 11.4 Å². The summed E-state index contributed by atoms with van der Waals surface area (Å²) in [5.74, 6) is -1.79. The highest BCUT2D eigenvalue weighted by atomic mass is 19.1. The van der Waals surface area contributed by atoms with Gasteiger partial charge in [0.1, 0.15) is 17.1 Å². The smallest absolute Gasteiger partial charge is 0.273 e. The van der Waals surface area contributed by atoms with E-state index in [1.54, 1.807) is 18.2 Å². The number of aryl methyl sites for hydroxylation is 1.